The van der Waals surface area contributed by atoms with Crippen LogP contribution < -0.4 is 14.8 Å². The molecule has 1 rings (SSSR count). The Labute approximate surface area is 114 Å². The van der Waals surface area contributed by atoms with E-state index in [9.17, 15) is 0 Å². The summed E-state index contributed by atoms with van der Waals surface area (Å²) < 4.78 is 10.5. The maximum absolute atomic E-state index is 6.16. The molecule has 0 aromatic heterocycles. The third-order valence-electron chi connectivity index (χ3n) is 2.97. The lowest BCUT2D eigenvalue weighted by atomic mass is 10.1. The fraction of sp³-hybridized carbons (Fsp3) is 0.429. The zero-order valence-electron chi connectivity index (χ0n) is 11.5. The lowest BCUT2D eigenvalue weighted by Gasteiger charge is -2.13. The molecule has 0 fully saturated rings. The predicted octanol–water partition coefficient (Wildman–Crippen LogP) is 3.37. The van der Waals surface area contributed by atoms with E-state index in [0.29, 0.717) is 22.6 Å². The first-order valence-corrected chi connectivity index (χ1v) is 6.18. The highest BCUT2D eigenvalue weighted by atomic mass is 35.5. The molecule has 0 spiro atoms. The van der Waals surface area contributed by atoms with Crippen LogP contribution in [0, 0.1) is 0 Å². The first-order chi connectivity index (χ1) is 8.53. The smallest absolute Gasteiger partial charge is 0.179 e. The highest BCUT2D eigenvalue weighted by molar-refractivity contribution is 6.32. The van der Waals surface area contributed by atoms with E-state index in [-0.39, 0.29) is 0 Å². The largest absolute Gasteiger partial charge is 0.493 e. The Kier molecular flexibility index (Phi) is 5.51. The van der Waals surface area contributed by atoms with Gasteiger partial charge >= 0.3 is 0 Å². The fourth-order valence-electron chi connectivity index (χ4n) is 1.64. The van der Waals surface area contributed by atoms with Crippen molar-refractivity contribution in [3.05, 3.63) is 28.3 Å². The number of likely N-dealkylation sites (N-methyl/N-ethyl adjacent to an activating group) is 1. The van der Waals surface area contributed by atoms with Gasteiger partial charge in [-0.15, -0.1) is 0 Å². The third-order valence-corrected chi connectivity index (χ3v) is 3.25. The van der Waals surface area contributed by atoms with Gasteiger partial charge in [0.05, 0.1) is 19.2 Å². The van der Waals surface area contributed by atoms with Crippen LogP contribution in [-0.2, 0) is 0 Å². The molecule has 1 unspecified atom stereocenters. The van der Waals surface area contributed by atoms with Crippen molar-refractivity contribution in [2.75, 3.05) is 21.3 Å². The minimum atomic E-state index is 0.317. The third kappa shape index (κ3) is 3.40. The van der Waals surface area contributed by atoms with Gasteiger partial charge in [-0.25, -0.2) is 0 Å². The molecule has 0 aliphatic carbocycles. The number of ether oxygens (including phenoxy) is 2. The van der Waals surface area contributed by atoms with Crippen LogP contribution in [0.4, 0.5) is 0 Å². The Morgan fingerprint density at radius 3 is 2.50 bits per heavy atom. The summed E-state index contributed by atoms with van der Waals surface area (Å²) in [4.78, 5) is 0. The molecule has 0 amide bonds. The van der Waals surface area contributed by atoms with Crippen molar-refractivity contribution in [3.8, 4) is 11.5 Å². The number of benzene rings is 1. The van der Waals surface area contributed by atoms with Crippen molar-refractivity contribution >= 4 is 17.7 Å². The molecule has 1 atom stereocenters. The Morgan fingerprint density at radius 2 is 2.00 bits per heavy atom. The molecule has 0 saturated carbocycles. The van der Waals surface area contributed by atoms with Gasteiger partial charge in [0.15, 0.2) is 11.5 Å². The average molecular weight is 270 g/mol. The molecule has 100 valence electrons. The van der Waals surface area contributed by atoms with Gasteiger partial charge < -0.3 is 14.8 Å². The van der Waals surface area contributed by atoms with Gasteiger partial charge in [0, 0.05) is 6.04 Å². The van der Waals surface area contributed by atoms with E-state index in [2.05, 4.69) is 25.2 Å². The molecule has 18 heavy (non-hydrogen) atoms. The summed E-state index contributed by atoms with van der Waals surface area (Å²) in [7, 11) is 5.11. The van der Waals surface area contributed by atoms with Crippen LogP contribution in [0.5, 0.6) is 11.5 Å². The van der Waals surface area contributed by atoms with Crippen molar-refractivity contribution in [1.29, 1.82) is 0 Å². The van der Waals surface area contributed by atoms with Crippen LogP contribution >= 0.6 is 11.6 Å². The van der Waals surface area contributed by atoms with Gasteiger partial charge in [0.2, 0.25) is 0 Å². The van der Waals surface area contributed by atoms with Gasteiger partial charge in [-0.2, -0.15) is 0 Å². The summed E-state index contributed by atoms with van der Waals surface area (Å²) in [5.74, 6) is 1.21. The highest BCUT2D eigenvalue weighted by Gasteiger charge is 2.10. The van der Waals surface area contributed by atoms with Gasteiger partial charge in [-0.3, -0.25) is 0 Å². The van der Waals surface area contributed by atoms with Crippen LogP contribution in [0.3, 0.4) is 0 Å². The Morgan fingerprint density at radius 1 is 1.33 bits per heavy atom. The molecule has 0 bridgehead atoms. The number of halogens is 1. The van der Waals surface area contributed by atoms with Gasteiger partial charge in [0.25, 0.3) is 0 Å². The minimum absolute atomic E-state index is 0.317. The zero-order chi connectivity index (χ0) is 13.7. The van der Waals surface area contributed by atoms with Crippen molar-refractivity contribution in [3.63, 3.8) is 0 Å². The molecule has 4 heteroatoms. The lowest BCUT2D eigenvalue weighted by molar-refractivity contribution is 0.355. The van der Waals surface area contributed by atoms with Crippen molar-refractivity contribution in [2.45, 2.75) is 19.9 Å². The maximum Gasteiger partial charge on any atom is 0.179 e. The molecule has 1 aromatic rings. The van der Waals surface area contributed by atoms with Crippen molar-refractivity contribution in [2.24, 2.45) is 0 Å². The molecule has 0 saturated heterocycles. The maximum atomic E-state index is 6.16. The standard InChI is InChI=1S/C14H20ClNO2/c1-9(10(2)16-3)6-11-7-12(15)14(18-5)13(8-11)17-4/h6-8,10,16H,1-5H3/b9-6+. The normalized spacial score (nSPS) is 13.3. The van der Waals surface area contributed by atoms with Crippen molar-refractivity contribution in [1.82, 2.24) is 5.32 Å². The summed E-state index contributed by atoms with van der Waals surface area (Å²) >= 11 is 6.16. The first-order valence-electron chi connectivity index (χ1n) is 5.80. The van der Waals surface area contributed by atoms with Gasteiger partial charge in [-0.1, -0.05) is 23.3 Å². The SMILES string of the molecule is CNC(C)/C(C)=C/c1cc(Cl)c(OC)c(OC)c1. The van der Waals surface area contributed by atoms with Crippen LogP contribution in [0.2, 0.25) is 5.02 Å². The van der Waals surface area contributed by atoms with E-state index < -0.39 is 0 Å². The molecule has 0 aliphatic heterocycles. The number of hydrogen-bond donors (Lipinski definition) is 1. The number of hydrogen-bond acceptors (Lipinski definition) is 3. The van der Waals surface area contributed by atoms with Crippen LogP contribution in [0.1, 0.15) is 19.4 Å². The molecule has 0 radical (unpaired) electrons. The van der Waals surface area contributed by atoms with Crippen LogP contribution in [0.15, 0.2) is 17.7 Å². The fourth-order valence-corrected chi connectivity index (χ4v) is 1.93. The Hall–Kier alpha value is -1.19. The summed E-state index contributed by atoms with van der Waals surface area (Å²) in [6, 6.07) is 4.10. The van der Waals surface area contributed by atoms with Gasteiger partial charge in [0.1, 0.15) is 0 Å². The van der Waals surface area contributed by atoms with Crippen LogP contribution in [0.25, 0.3) is 6.08 Å². The number of rotatable bonds is 5. The van der Waals surface area contributed by atoms with E-state index in [1.807, 2.05) is 19.2 Å². The molecular formula is C14H20ClNO2. The van der Waals surface area contributed by atoms with E-state index in [4.69, 9.17) is 21.1 Å². The summed E-state index contributed by atoms with van der Waals surface area (Å²) in [5, 5.41) is 3.74. The quantitative estimate of drug-likeness (QED) is 0.889. The molecule has 3 nitrogen and oxygen atoms in total. The second-order valence-corrected chi connectivity index (χ2v) is 4.54. The lowest BCUT2D eigenvalue weighted by Crippen LogP contribution is -2.21. The molecule has 0 heterocycles. The second kappa shape index (κ2) is 6.66. The van der Waals surface area contributed by atoms with E-state index in [1.165, 1.54) is 5.57 Å². The summed E-state index contributed by atoms with van der Waals surface area (Å²) in [6.45, 7) is 4.18. The predicted molar refractivity (Wildman–Crippen MR) is 76.7 cm³/mol. The zero-order valence-corrected chi connectivity index (χ0v) is 12.3. The van der Waals surface area contributed by atoms with Gasteiger partial charge in [-0.05, 0) is 38.6 Å². The second-order valence-electron chi connectivity index (χ2n) is 4.14. The van der Waals surface area contributed by atoms with E-state index >= 15 is 0 Å². The molecule has 0 aliphatic rings. The molecular weight excluding hydrogens is 250 g/mol. The Balaban J connectivity index is 3.16. The minimum Gasteiger partial charge on any atom is -0.493 e. The first kappa shape index (κ1) is 14.9. The van der Waals surface area contributed by atoms with Crippen LogP contribution in [-0.4, -0.2) is 27.3 Å². The number of methoxy groups -OCH3 is 2. The molecule has 1 N–H and O–H groups in total. The van der Waals surface area contributed by atoms with Crippen molar-refractivity contribution < 1.29 is 9.47 Å². The summed E-state index contributed by atoms with van der Waals surface area (Å²) in [5.41, 5.74) is 2.22. The van der Waals surface area contributed by atoms with E-state index in [0.717, 1.165) is 5.56 Å². The topological polar surface area (TPSA) is 30.5 Å². The average Bonchev–Trinajstić information content (AvgIpc) is 2.36. The van der Waals surface area contributed by atoms with E-state index in [1.54, 1.807) is 14.2 Å². The Bertz CT molecular complexity index is 444. The monoisotopic (exact) mass is 269 g/mol. The molecule has 1 aromatic carbocycles. The number of nitrogens with one attached hydrogen (secondary N) is 1. The highest BCUT2D eigenvalue weighted by Crippen LogP contribution is 2.36. The summed E-state index contributed by atoms with van der Waals surface area (Å²) in [6.07, 6.45) is 2.08.